The van der Waals surface area contributed by atoms with Gasteiger partial charge in [0.1, 0.15) is 0 Å². The Morgan fingerprint density at radius 2 is 1.21 bits per heavy atom. The molecule has 0 aromatic heterocycles. The predicted octanol–water partition coefficient (Wildman–Crippen LogP) is 3.58. The molecule has 0 saturated carbocycles. The summed E-state index contributed by atoms with van der Waals surface area (Å²) in [5.41, 5.74) is 6.94. The Hall–Kier alpha value is -3.68. The van der Waals surface area contributed by atoms with Crippen molar-refractivity contribution in [2.24, 2.45) is 5.73 Å². The molecule has 2 rings (SSSR count). The molecule has 0 aliphatic carbocycles. The van der Waals surface area contributed by atoms with Crippen LogP contribution >= 0.6 is 0 Å². The van der Waals surface area contributed by atoms with E-state index in [4.69, 9.17) is 24.7 Å². The summed E-state index contributed by atoms with van der Waals surface area (Å²) in [7, 11) is 6.26. The van der Waals surface area contributed by atoms with Crippen LogP contribution in [0.5, 0.6) is 23.0 Å². The highest BCUT2D eigenvalue weighted by molar-refractivity contribution is 5.56. The first-order valence-electron chi connectivity index (χ1n) is 8.13. The number of nitro groups is 1. The van der Waals surface area contributed by atoms with E-state index < -0.39 is 4.92 Å². The first kappa shape index (κ1) is 22.4. The minimum Gasteiger partial charge on any atom is -0.493 e. The lowest BCUT2D eigenvalue weighted by atomic mass is 10.2. The van der Waals surface area contributed by atoms with Crippen LogP contribution in [0.4, 0.5) is 0 Å². The van der Waals surface area contributed by atoms with E-state index in [2.05, 4.69) is 0 Å². The number of nitrogens with zero attached hydrogens (tertiary/aromatic N) is 1. The van der Waals surface area contributed by atoms with Crippen molar-refractivity contribution in [1.29, 1.82) is 0 Å². The highest BCUT2D eigenvalue weighted by Gasteiger charge is 2.03. The second-order valence-electron chi connectivity index (χ2n) is 5.19. The van der Waals surface area contributed by atoms with Gasteiger partial charge in [-0.05, 0) is 47.7 Å². The number of nitrogens with two attached hydrogens (primary N) is 1. The van der Waals surface area contributed by atoms with Crippen molar-refractivity contribution in [2.45, 2.75) is 0 Å². The highest BCUT2D eigenvalue weighted by Crippen LogP contribution is 2.28. The third-order valence-electron chi connectivity index (χ3n) is 3.49. The maximum atomic E-state index is 10.1. The molecule has 0 atom stereocenters. The molecule has 0 spiro atoms. The molecule has 0 fully saturated rings. The molecule has 0 saturated heterocycles. The van der Waals surface area contributed by atoms with Gasteiger partial charge in [0, 0.05) is 6.08 Å². The Kier molecular flexibility index (Phi) is 9.46. The quantitative estimate of drug-likeness (QED) is 0.571. The van der Waals surface area contributed by atoms with Gasteiger partial charge in [-0.25, -0.2) is 0 Å². The van der Waals surface area contributed by atoms with Gasteiger partial charge in [-0.1, -0.05) is 12.1 Å². The van der Waals surface area contributed by atoms with Crippen LogP contribution in [0.3, 0.4) is 0 Å². The van der Waals surface area contributed by atoms with E-state index in [1.165, 1.54) is 26.5 Å². The molecule has 0 heterocycles. The topological polar surface area (TPSA) is 106 Å². The van der Waals surface area contributed by atoms with Crippen molar-refractivity contribution in [3.05, 3.63) is 70.0 Å². The van der Waals surface area contributed by atoms with Crippen LogP contribution < -0.4 is 24.7 Å². The van der Waals surface area contributed by atoms with E-state index in [-0.39, 0.29) is 0 Å². The molecule has 0 aliphatic rings. The zero-order valence-corrected chi connectivity index (χ0v) is 16.2. The van der Waals surface area contributed by atoms with Gasteiger partial charge in [0.15, 0.2) is 23.0 Å². The maximum Gasteiger partial charge on any atom is 0.235 e. The molecule has 0 unspecified atom stereocenters. The number of ether oxygens (including phenoxy) is 4. The molecule has 8 nitrogen and oxygen atoms in total. The zero-order valence-electron chi connectivity index (χ0n) is 16.2. The summed E-state index contributed by atoms with van der Waals surface area (Å²) in [6.45, 7) is 0. The van der Waals surface area contributed by atoms with Gasteiger partial charge in [-0.3, -0.25) is 10.1 Å². The summed E-state index contributed by atoms with van der Waals surface area (Å²) in [4.78, 5) is 9.60. The number of benzene rings is 2. The van der Waals surface area contributed by atoms with Crippen molar-refractivity contribution in [2.75, 3.05) is 28.4 Å². The van der Waals surface area contributed by atoms with Crippen molar-refractivity contribution in [3.63, 3.8) is 0 Å². The third kappa shape index (κ3) is 6.91. The number of hydrogen-bond donors (Lipinski definition) is 1. The van der Waals surface area contributed by atoms with Gasteiger partial charge in [0.2, 0.25) is 6.20 Å². The molecule has 0 aliphatic heterocycles. The third-order valence-corrected chi connectivity index (χ3v) is 3.49. The lowest BCUT2D eigenvalue weighted by Crippen LogP contribution is -1.90. The van der Waals surface area contributed by atoms with Crippen molar-refractivity contribution in [3.8, 4) is 23.0 Å². The van der Waals surface area contributed by atoms with Gasteiger partial charge < -0.3 is 24.7 Å². The minimum atomic E-state index is -0.517. The first-order chi connectivity index (χ1) is 13.5. The van der Waals surface area contributed by atoms with E-state index in [1.807, 2.05) is 18.2 Å². The largest absolute Gasteiger partial charge is 0.493 e. The van der Waals surface area contributed by atoms with Gasteiger partial charge in [-0.15, -0.1) is 0 Å². The van der Waals surface area contributed by atoms with Gasteiger partial charge in [0.05, 0.1) is 33.4 Å². The lowest BCUT2D eigenvalue weighted by molar-refractivity contribution is -0.400. The molecular formula is C20H24N2O6. The standard InChI is InChI=1S/C10H11NO4.C10H13NO2/c1-14-9-4-3-8(5-6-11(12)13)7-10(9)15-2;1-12-9-4-3-8(5-6-11)7-10(9)13-2/h3-7H,1-2H3;3-7H,11H2,1-2H3/b2*6-5+. The normalized spacial score (nSPS) is 10.3. The fourth-order valence-corrected chi connectivity index (χ4v) is 2.17. The smallest absolute Gasteiger partial charge is 0.235 e. The molecule has 2 N–H and O–H groups in total. The second kappa shape index (κ2) is 11.8. The fraction of sp³-hybridized carbons (Fsp3) is 0.200. The minimum absolute atomic E-state index is 0.517. The fourth-order valence-electron chi connectivity index (χ4n) is 2.17. The Morgan fingerprint density at radius 1 is 0.786 bits per heavy atom. The molecule has 2 aromatic carbocycles. The van der Waals surface area contributed by atoms with Crippen LogP contribution in [0.25, 0.3) is 12.2 Å². The molecule has 28 heavy (non-hydrogen) atoms. The Morgan fingerprint density at radius 3 is 1.57 bits per heavy atom. The number of methoxy groups -OCH3 is 4. The van der Waals surface area contributed by atoms with Crippen LogP contribution in [0.1, 0.15) is 11.1 Å². The van der Waals surface area contributed by atoms with Gasteiger partial charge in [0.25, 0.3) is 0 Å². The van der Waals surface area contributed by atoms with Gasteiger partial charge >= 0.3 is 0 Å². The summed E-state index contributed by atoms with van der Waals surface area (Å²) in [6.07, 6.45) is 5.55. The Labute approximate surface area is 163 Å². The zero-order chi connectivity index (χ0) is 20.9. The molecular weight excluding hydrogens is 364 g/mol. The molecule has 0 radical (unpaired) electrons. The molecule has 2 aromatic rings. The predicted molar refractivity (Wildman–Crippen MR) is 108 cm³/mol. The molecule has 150 valence electrons. The maximum absolute atomic E-state index is 10.1. The van der Waals surface area contributed by atoms with E-state index in [9.17, 15) is 10.1 Å². The van der Waals surface area contributed by atoms with Crippen LogP contribution in [0.15, 0.2) is 48.8 Å². The highest BCUT2D eigenvalue weighted by atomic mass is 16.6. The second-order valence-corrected chi connectivity index (χ2v) is 5.19. The molecule has 8 heteroatoms. The number of hydrogen-bond acceptors (Lipinski definition) is 7. The summed E-state index contributed by atoms with van der Waals surface area (Å²) < 4.78 is 20.3. The lowest BCUT2D eigenvalue weighted by Gasteiger charge is -2.07. The summed E-state index contributed by atoms with van der Waals surface area (Å²) in [5, 5.41) is 10.1. The van der Waals surface area contributed by atoms with Crippen LogP contribution in [-0.2, 0) is 0 Å². The van der Waals surface area contributed by atoms with Crippen LogP contribution in [0.2, 0.25) is 0 Å². The summed E-state index contributed by atoms with van der Waals surface area (Å²) in [5.74, 6) is 2.56. The van der Waals surface area contributed by atoms with Crippen molar-refractivity contribution < 1.29 is 23.9 Å². The van der Waals surface area contributed by atoms with Crippen LogP contribution in [0, 0.1) is 10.1 Å². The van der Waals surface area contributed by atoms with E-state index in [0.717, 1.165) is 17.5 Å². The average Bonchev–Trinajstić information content (AvgIpc) is 2.72. The average molecular weight is 388 g/mol. The van der Waals surface area contributed by atoms with Crippen LogP contribution in [-0.4, -0.2) is 33.4 Å². The van der Waals surface area contributed by atoms with Gasteiger partial charge in [-0.2, -0.15) is 0 Å². The van der Waals surface area contributed by atoms with Crippen molar-refractivity contribution >= 4 is 12.2 Å². The Bertz CT molecular complexity index is 833. The monoisotopic (exact) mass is 388 g/mol. The van der Waals surface area contributed by atoms with Crippen molar-refractivity contribution in [1.82, 2.24) is 0 Å². The Balaban J connectivity index is 0.000000283. The van der Waals surface area contributed by atoms with E-state index >= 15 is 0 Å². The number of rotatable bonds is 7. The SMILES string of the molecule is COc1ccc(/C=C/N)cc1OC.COc1ccc(/C=C/[N+](=O)[O-])cc1OC. The van der Waals surface area contributed by atoms with E-state index in [1.54, 1.807) is 38.5 Å². The summed E-state index contributed by atoms with van der Waals surface area (Å²) >= 11 is 0. The molecule has 0 bridgehead atoms. The summed E-state index contributed by atoms with van der Waals surface area (Å²) in [6, 6.07) is 10.7. The molecule has 0 amide bonds. The van der Waals surface area contributed by atoms with E-state index in [0.29, 0.717) is 22.8 Å². The first-order valence-corrected chi connectivity index (χ1v) is 8.13.